The second kappa shape index (κ2) is 16.2. The molecule has 0 amide bonds. The molecule has 0 aliphatic heterocycles. The average molecular weight is 355 g/mol. The number of carboxylic acids is 2. The van der Waals surface area contributed by atoms with Crippen molar-refractivity contribution in [2.75, 3.05) is 0 Å². The molecule has 146 valence electrons. The molecule has 2 N–H and O–H groups in total. The van der Waals surface area contributed by atoms with Crippen LogP contribution in [-0.2, 0) is 9.59 Å². The number of allylic oxidation sites excluding steroid dienone is 1. The molecule has 0 rings (SSSR count). The molecule has 0 aromatic heterocycles. The van der Waals surface area contributed by atoms with Crippen molar-refractivity contribution in [3.8, 4) is 0 Å². The first kappa shape index (κ1) is 23.7. The van der Waals surface area contributed by atoms with Crippen molar-refractivity contribution in [2.45, 2.75) is 104 Å². The van der Waals surface area contributed by atoms with Gasteiger partial charge in [-0.25, -0.2) is 4.79 Å². The van der Waals surface area contributed by atoms with Gasteiger partial charge in [-0.05, 0) is 31.6 Å². The maximum atomic E-state index is 11.5. The van der Waals surface area contributed by atoms with Crippen LogP contribution in [0.4, 0.5) is 0 Å². The van der Waals surface area contributed by atoms with E-state index in [2.05, 4.69) is 13.8 Å². The first-order valence-electron chi connectivity index (χ1n) is 10.1. The highest BCUT2D eigenvalue weighted by atomic mass is 16.4. The summed E-state index contributed by atoms with van der Waals surface area (Å²) in [6.45, 7) is 4.36. The van der Waals surface area contributed by atoms with Crippen molar-refractivity contribution in [1.29, 1.82) is 0 Å². The third-order valence-corrected chi connectivity index (χ3v) is 4.68. The van der Waals surface area contributed by atoms with Gasteiger partial charge in [-0.3, -0.25) is 4.79 Å². The van der Waals surface area contributed by atoms with Crippen LogP contribution in [0.2, 0.25) is 0 Å². The first-order chi connectivity index (χ1) is 12.0. The summed E-state index contributed by atoms with van der Waals surface area (Å²) in [6.07, 6.45) is 15.4. The predicted molar refractivity (Wildman–Crippen MR) is 103 cm³/mol. The summed E-state index contributed by atoms with van der Waals surface area (Å²) in [7, 11) is 0. The van der Waals surface area contributed by atoms with Gasteiger partial charge in [-0.15, -0.1) is 0 Å². The van der Waals surface area contributed by atoms with Crippen LogP contribution in [0.15, 0.2) is 11.6 Å². The Morgan fingerprint density at radius 2 is 1.52 bits per heavy atom. The van der Waals surface area contributed by atoms with E-state index in [1.165, 1.54) is 19.3 Å². The molecule has 1 unspecified atom stereocenters. The highest BCUT2D eigenvalue weighted by Gasteiger charge is 2.15. The second-order valence-electron chi connectivity index (χ2n) is 7.09. The summed E-state index contributed by atoms with van der Waals surface area (Å²) < 4.78 is 0. The van der Waals surface area contributed by atoms with Gasteiger partial charge in [-0.1, -0.05) is 77.7 Å². The molecule has 4 nitrogen and oxygen atoms in total. The molecule has 4 heteroatoms. The van der Waals surface area contributed by atoms with E-state index in [1.807, 2.05) is 6.08 Å². The fourth-order valence-corrected chi connectivity index (χ4v) is 3.24. The number of carboxylic acid groups (broad SMARTS) is 2. The quantitative estimate of drug-likeness (QED) is 0.241. The largest absolute Gasteiger partial charge is 0.481 e. The topological polar surface area (TPSA) is 74.6 Å². The van der Waals surface area contributed by atoms with E-state index in [4.69, 9.17) is 5.11 Å². The number of carbonyl (C=O) groups is 2. The van der Waals surface area contributed by atoms with E-state index in [1.54, 1.807) is 0 Å². The normalized spacial score (nSPS) is 13.0. The molecule has 0 bridgehead atoms. The van der Waals surface area contributed by atoms with Crippen molar-refractivity contribution in [3.05, 3.63) is 11.6 Å². The average Bonchev–Trinajstić information content (AvgIpc) is 2.55. The molecule has 0 aliphatic rings. The van der Waals surface area contributed by atoms with Gasteiger partial charge < -0.3 is 10.2 Å². The molecule has 25 heavy (non-hydrogen) atoms. The zero-order valence-electron chi connectivity index (χ0n) is 16.3. The first-order valence-corrected chi connectivity index (χ1v) is 10.1. The maximum absolute atomic E-state index is 11.5. The third kappa shape index (κ3) is 14.7. The Morgan fingerprint density at radius 3 is 2.12 bits per heavy atom. The minimum absolute atomic E-state index is 0.250. The van der Waals surface area contributed by atoms with Crippen LogP contribution in [0.5, 0.6) is 0 Å². The SMILES string of the molecule is CCCCCC(CCC)C/C(=C\CCCCCCCC(=O)O)C(=O)O. The molecule has 0 heterocycles. The summed E-state index contributed by atoms with van der Waals surface area (Å²) >= 11 is 0. The van der Waals surface area contributed by atoms with Crippen LogP contribution in [-0.4, -0.2) is 22.2 Å². The Hall–Kier alpha value is -1.32. The van der Waals surface area contributed by atoms with Crippen molar-refractivity contribution in [1.82, 2.24) is 0 Å². The molecule has 0 saturated carbocycles. The van der Waals surface area contributed by atoms with Gasteiger partial charge in [0.15, 0.2) is 0 Å². The smallest absolute Gasteiger partial charge is 0.331 e. The summed E-state index contributed by atoms with van der Waals surface area (Å²) in [5, 5.41) is 18.0. The molecule has 1 atom stereocenters. The van der Waals surface area contributed by atoms with Crippen LogP contribution in [0.25, 0.3) is 0 Å². The van der Waals surface area contributed by atoms with Crippen LogP contribution in [0.1, 0.15) is 104 Å². The number of hydrogen-bond donors (Lipinski definition) is 2. The molecular weight excluding hydrogens is 316 g/mol. The zero-order chi connectivity index (χ0) is 18.9. The molecule has 0 fully saturated rings. The highest BCUT2D eigenvalue weighted by molar-refractivity contribution is 5.86. The minimum atomic E-state index is -0.766. The zero-order valence-corrected chi connectivity index (χ0v) is 16.3. The molecule has 0 saturated heterocycles. The van der Waals surface area contributed by atoms with E-state index in [0.29, 0.717) is 17.9 Å². The van der Waals surface area contributed by atoms with Crippen LogP contribution < -0.4 is 0 Å². The lowest BCUT2D eigenvalue weighted by atomic mass is 9.89. The Labute approximate surface area is 153 Å². The number of unbranched alkanes of at least 4 members (excludes halogenated alkanes) is 7. The Balaban J connectivity index is 4.16. The number of rotatable bonds is 17. The molecule has 0 spiro atoms. The van der Waals surface area contributed by atoms with Gasteiger partial charge in [0, 0.05) is 12.0 Å². The van der Waals surface area contributed by atoms with Gasteiger partial charge in [0.1, 0.15) is 0 Å². The van der Waals surface area contributed by atoms with Gasteiger partial charge >= 0.3 is 11.9 Å². The van der Waals surface area contributed by atoms with E-state index in [0.717, 1.165) is 57.8 Å². The fraction of sp³-hybridized carbons (Fsp3) is 0.810. The van der Waals surface area contributed by atoms with Gasteiger partial charge in [0.2, 0.25) is 0 Å². The standard InChI is InChI=1S/C21H38O4/c1-3-5-10-14-18(13-4-2)17-19(21(24)25)15-11-8-6-7-9-12-16-20(22)23/h15,18H,3-14,16-17H2,1-2H3,(H,22,23)(H,24,25)/b19-15+. The van der Waals surface area contributed by atoms with Crippen molar-refractivity contribution in [3.63, 3.8) is 0 Å². The summed E-state index contributed by atoms with van der Waals surface area (Å²) in [4.78, 5) is 21.9. The molecular formula is C21H38O4. The monoisotopic (exact) mass is 354 g/mol. The minimum Gasteiger partial charge on any atom is -0.481 e. The van der Waals surface area contributed by atoms with E-state index >= 15 is 0 Å². The Morgan fingerprint density at radius 1 is 0.840 bits per heavy atom. The highest BCUT2D eigenvalue weighted by Crippen LogP contribution is 2.24. The lowest BCUT2D eigenvalue weighted by Crippen LogP contribution is -2.09. The van der Waals surface area contributed by atoms with Crippen LogP contribution >= 0.6 is 0 Å². The predicted octanol–water partition coefficient (Wildman–Crippen LogP) is 6.20. The van der Waals surface area contributed by atoms with E-state index in [9.17, 15) is 14.7 Å². The molecule has 0 aromatic rings. The van der Waals surface area contributed by atoms with Crippen molar-refractivity contribution >= 4 is 11.9 Å². The van der Waals surface area contributed by atoms with E-state index in [-0.39, 0.29) is 6.42 Å². The summed E-state index contributed by atoms with van der Waals surface area (Å²) in [5.41, 5.74) is 0.584. The molecule has 0 aliphatic carbocycles. The van der Waals surface area contributed by atoms with Crippen molar-refractivity contribution in [2.24, 2.45) is 5.92 Å². The third-order valence-electron chi connectivity index (χ3n) is 4.68. The second-order valence-corrected chi connectivity index (χ2v) is 7.09. The lowest BCUT2D eigenvalue weighted by molar-refractivity contribution is -0.137. The van der Waals surface area contributed by atoms with Crippen LogP contribution in [0, 0.1) is 5.92 Å². The number of hydrogen-bond acceptors (Lipinski definition) is 2. The summed E-state index contributed by atoms with van der Waals surface area (Å²) in [5.74, 6) is -0.998. The van der Waals surface area contributed by atoms with Gasteiger partial charge in [0.25, 0.3) is 0 Å². The maximum Gasteiger partial charge on any atom is 0.331 e. The van der Waals surface area contributed by atoms with Gasteiger partial charge in [0.05, 0.1) is 0 Å². The lowest BCUT2D eigenvalue weighted by Gasteiger charge is -2.16. The number of aliphatic carboxylic acids is 2. The Kier molecular flexibility index (Phi) is 15.3. The Bertz CT molecular complexity index is 387. The molecule has 0 radical (unpaired) electrons. The summed E-state index contributed by atoms with van der Waals surface area (Å²) in [6, 6.07) is 0. The molecule has 0 aromatic carbocycles. The van der Waals surface area contributed by atoms with E-state index < -0.39 is 11.9 Å². The van der Waals surface area contributed by atoms with Gasteiger partial charge in [-0.2, -0.15) is 0 Å². The van der Waals surface area contributed by atoms with Crippen LogP contribution in [0.3, 0.4) is 0 Å². The van der Waals surface area contributed by atoms with Crippen molar-refractivity contribution < 1.29 is 19.8 Å². The fourth-order valence-electron chi connectivity index (χ4n) is 3.24.